The predicted octanol–water partition coefficient (Wildman–Crippen LogP) is 2.77. The number of nitrogens with zero attached hydrogens (tertiary/aromatic N) is 1. The van der Waals surface area contributed by atoms with Gasteiger partial charge in [-0.1, -0.05) is 41.7 Å². The third-order valence-electron chi connectivity index (χ3n) is 7.75. The molecule has 4 aliphatic rings. The van der Waals surface area contributed by atoms with Crippen molar-refractivity contribution in [2.24, 2.45) is 29.6 Å². The van der Waals surface area contributed by atoms with Crippen LogP contribution in [0.4, 0.5) is 0 Å². The number of aromatic nitrogens is 1. The molecule has 9 heteroatoms. The molecule has 1 aromatic carbocycles. The summed E-state index contributed by atoms with van der Waals surface area (Å²) >= 11 is 2.94. The topological polar surface area (TPSA) is 108 Å². The van der Waals surface area contributed by atoms with Gasteiger partial charge in [0.1, 0.15) is 0 Å². The summed E-state index contributed by atoms with van der Waals surface area (Å²) in [5.41, 5.74) is 1.15. The Morgan fingerprint density at radius 3 is 2.53 bits per heavy atom. The first-order valence-corrected chi connectivity index (χ1v) is 12.7. The first-order valence-electron chi connectivity index (χ1n) is 11.0. The van der Waals surface area contributed by atoms with Crippen LogP contribution in [0.15, 0.2) is 40.2 Å². The Hall–Kier alpha value is -2.39. The highest BCUT2D eigenvalue weighted by Crippen LogP contribution is 2.68. The van der Waals surface area contributed by atoms with Gasteiger partial charge in [-0.3, -0.25) is 24.1 Å². The molecule has 1 aromatic heterocycles. The molecular weight excluding hydrogens is 448 g/mol. The molecule has 1 saturated heterocycles. The molecule has 7 nitrogen and oxygen atoms in total. The summed E-state index contributed by atoms with van der Waals surface area (Å²) in [5.74, 6) is -1.36. The number of thioether (sulfide) groups is 1. The number of carbonyl (C=O) groups excluding carboxylic acids is 2. The van der Waals surface area contributed by atoms with Crippen molar-refractivity contribution in [1.82, 2.24) is 9.88 Å². The molecule has 2 bridgehead atoms. The minimum absolute atomic E-state index is 0.0429. The number of carbonyl (C=O) groups is 3. The Balaban J connectivity index is 1.37. The maximum atomic E-state index is 13.3. The number of benzene rings is 1. The highest BCUT2D eigenvalue weighted by Gasteiger charge is 2.69. The summed E-state index contributed by atoms with van der Waals surface area (Å²) < 4.78 is 0. The summed E-state index contributed by atoms with van der Waals surface area (Å²) in [6, 6.07) is 10.2. The third kappa shape index (κ3) is 2.80. The fourth-order valence-electron chi connectivity index (χ4n) is 6.72. The molecule has 3 fully saturated rings. The molecule has 2 N–H and O–H groups in total. The summed E-state index contributed by atoms with van der Waals surface area (Å²) in [6.07, 6.45) is 1.10. The van der Waals surface area contributed by atoms with Crippen molar-refractivity contribution >= 4 is 40.9 Å². The van der Waals surface area contributed by atoms with Gasteiger partial charge < -0.3 is 10.1 Å². The Bertz CT molecular complexity index is 1170. The predicted molar refractivity (Wildman–Crippen MR) is 119 cm³/mol. The fourth-order valence-corrected chi connectivity index (χ4v) is 9.61. The largest absolute Gasteiger partial charge is 0.481 e. The maximum absolute atomic E-state index is 13.3. The Labute approximate surface area is 192 Å². The Morgan fingerprint density at radius 2 is 1.81 bits per heavy atom. The van der Waals surface area contributed by atoms with Gasteiger partial charge >= 0.3 is 10.8 Å². The average molecular weight is 471 g/mol. The van der Waals surface area contributed by atoms with E-state index in [0.29, 0.717) is 0 Å². The number of amides is 2. The highest BCUT2D eigenvalue weighted by atomic mass is 32.2. The van der Waals surface area contributed by atoms with Gasteiger partial charge in [-0.2, -0.15) is 0 Å². The second-order valence-corrected chi connectivity index (χ2v) is 11.4. The Morgan fingerprint density at radius 1 is 1.09 bits per heavy atom. The lowest BCUT2D eigenvalue weighted by Gasteiger charge is -2.43. The summed E-state index contributed by atoms with van der Waals surface area (Å²) in [4.78, 5) is 55.0. The van der Waals surface area contributed by atoms with Gasteiger partial charge in [-0.05, 0) is 36.2 Å². The molecule has 2 aliphatic heterocycles. The van der Waals surface area contributed by atoms with Crippen LogP contribution in [0.2, 0.25) is 0 Å². The first kappa shape index (κ1) is 20.2. The molecule has 166 valence electrons. The number of nitrogens with one attached hydrogen (secondary N) is 1. The number of thiazole rings is 1. The molecule has 7 atom stereocenters. The number of carboxylic acids is 1. The van der Waals surface area contributed by atoms with Gasteiger partial charge in [0.2, 0.25) is 11.8 Å². The van der Waals surface area contributed by atoms with Crippen LogP contribution in [0.1, 0.15) is 35.6 Å². The van der Waals surface area contributed by atoms with Crippen molar-refractivity contribution in [2.75, 3.05) is 6.54 Å². The summed E-state index contributed by atoms with van der Waals surface area (Å²) in [6.45, 7) is 0.182. The molecule has 6 rings (SSSR count). The van der Waals surface area contributed by atoms with E-state index >= 15 is 0 Å². The van der Waals surface area contributed by atoms with Crippen LogP contribution in [0.3, 0.4) is 0 Å². The zero-order valence-electron chi connectivity index (χ0n) is 17.1. The quantitative estimate of drug-likeness (QED) is 0.651. The number of fused-ring (bicyclic) bond motifs is 9. The lowest BCUT2D eigenvalue weighted by molar-refractivity contribution is -0.142. The van der Waals surface area contributed by atoms with E-state index in [4.69, 9.17) is 5.11 Å². The molecule has 2 aliphatic carbocycles. The van der Waals surface area contributed by atoms with E-state index in [-0.39, 0.29) is 76.8 Å². The number of H-pyrrole nitrogens is 1. The minimum atomic E-state index is -0.919. The van der Waals surface area contributed by atoms with Crippen molar-refractivity contribution in [3.05, 3.63) is 50.4 Å². The SMILES string of the molecule is O=C(O)CCCN1C(=O)[C@@H]2[C@H]3C[C@@H]([C@@H]4Sc5[nH]c(=O)sc5[C@@H](c5ccccc5)[C@@H]34)[C@H]2C1=O. The number of imide groups is 1. The lowest BCUT2D eigenvalue weighted by atomic mass is 9.68. The highest BCUT2D eigenvalue weighted by molar-refractivity contribution is 8.00. The lowest BCUT2D eigenvalue weighted by Crippen LogP contribution is -2.42. The van der Waals surface area contributed by atoms with Crippen LogP contribution in [0.5, 0.6) is 0 Å². The van der Waals surface area contributed by atoms with Crippen molar-refractivity contribution in [3.8, 4) is 0 Å². The standard InChI is InChI=1S/C23H22N2O5S2/c26-13(27)7-4-8-25-21(28)16-11-9-12(17(16)22(25)29)18-15(11)14(10-5-2-1-3-6-10)19-20(31-18)24-23(30)32-19/h1-3,5-6,11-12,14-18H,4,7-9H2,(H,24,30)(H,26,27)/t11-,12+,14-,15+,16+,17+,18-/m0/s1. The van der Waals surface area contributed by atoms with Gasteiger partial charge in [0.05, 0.1) is 16.9 Å². The molecular formula is C23H22N2O5S2. The maximum Gasteiger partial charge on any atom is 0.305 e. The van der Waals surface area contributed by atoms with Crippen LogP contribution in [0.25, 0.3) is 0 Å². The molecule has 2 amide bonds. The average Bonchev–Trinajstić information content (AvgIpc) is 3.49. The van der Waals surface area contributed by atoms with E-state index in [1.165, 1.54) is 16.2 Å². The second-order valence-electron chi connectivity index (χ2n) is 9.20. The molecule has 2 saturated carbocycles. The van der Waals surface area contributed by atoms with Crippen molar-refractivity contribution in [2.45, 2.75) is 35.5 Å². The van der Waals surface area contributed by atoms with Crippen LogP contribution in [-0.2, 0) is 14.4 Å². The number of aliphatic carboxylic acids is 1. The second kappa shape index (κ2) is 7.31. The van der Waals surface area contributed by atoms with Crippen LogP contribution in [0, 0.1) is 29.6 Å². The van der Waals surface area contributed by atoms with Gasteiger partial charge in [0, 0.05) is 29.0 Å². The summed E-state index contributed by atoms with van der Waals surface area (Å²) in [5, 5.41) is 10.0. The number of hydrogen-bond donors (Lipinski definition) is 2. The van der Waals surface area contributed by atoms with Crippen LogP contribution >= 0.6 is 23.1 Å². The van der Waals surface area contributed by atoms with E-state index in [1.54, 1.807) is 11.8 Å². The number of rotatable bonds is 5. The molecule has 32 heavy (non-hydrogen) atoms. The summed E-state index contributed by atoms with van der Waals surface area (Å²) in [7, 11) is 0. The first-order chi connectivity index (χ1) is 15.5. The monoisotopic (exact) mass is 470 g/mol. The molecule has 0 unspecified atom stereocenters. The number of carboxylic acid groups (broad SMARTS) is 1. The normalized spacial score (nSPS) is 34.5. The van der Waals surface area contributed by atoms with Gasteiger partial charge in [-0.15, -0.1) is 11.8 Å². The van der Waals surface area contributed by atoms with Crippen LogP contribution < -0.4 is 4.87 Å². The van der Waals surface area contributed by atoms with E-state index < -0.39 is 5.97 Å². The molecule has 0 spiro atoms. The molecule has 3 heterocycles. The number of hydrogen-bond acceptors (Lipinski definition) is 6. The van der Waals surface area contributed by atoms with E-state index in [9.17, 15) is 19.2 Å². The van der Waals surface area contributed by atoms with Gasteiger partial charge in [0.15, 0.2) is 0 Å². The van der Waals surface area contributed by atoms with Gasteiger partial charge in [-0.25, -0.2) is 0 Å². The minimum Gasteiger partial charge on any atom is -0.481 e. The number of aromatic amines is 1. The Kier molecular flexibility index (Phi) is 4.62. The van der Waals surface area contributed by atoms with E-state index in [0.717, 1.165) is 21.9 Å². The van der Waals surface area contributed by atoms with Crippen molar-refractivity contribution < 1.29 is 19.5 Å². The zero-order chi connectivity index (χ0) is 22.1. The van der Waals surface area contributed by atoms with Crippen molar-refractivity contribution in [3.63, 3.8) is 0 Å². The smallest absolute Gasteiger partial charge is 0.305 e. The van der Waals surface area contributed by atoms with Gasteiger partial charge in [0.25, 0.3) is 0 Å². The molecule has 2 aromatic rings. The van der Waals surface area contributed by atoms with Crippen molar-refractivity contribution in [1.29, 1.82) is 0 Å². The van der Waals surface area contributed by atoms with E-state index in [1.807, 2.05) is 18.2 Å². The third-order valence-corrected chi connectivity index (χ3v) is 10.3. The van der Waals surface area contributed by atoms with E-state index in [2.05, 4.69) is 17.1 Å². The fraction of sp³-hybridized carbons (Fsp3) is 0.478. The molecule has 0 radical (unpaired) electrons. The van der Waals surface area contributed by atoms with Crippen LogP contribution in [-0.4, -0.2) is 44.6 Å². The zero-order valence-corrected chi connectivity index (χ0v) is 18.7. The number of likely N-dealkylation sites (tertiary alicyclic amines) is 1.